The van der Waals surface area contributed by atoms with E-state index in [0.717, 1.165) is 30.4 Å². The van der Waals surface area contributed by atoms with Gasteiger partial charge in [-0.1, -0.05) is 30.2 Å². The summed E-state index contributed by atoms with van der Waals surface area (Å²) in [5, 5.41) is 6.99. The van der Waals surface area contributed by atoms with Gasteiger partial charge in [-0.05, 0) is 56.2 Å². The highest BCUT2D eigenvalue weighted by Crippen LogP contribution is 2.29. The van der Waals surface area contributed by atoms with Crippen LogP contribution in [-0.4, -0.2) is 43.7 Å². The maximum absolute atomic E-state index is 12.9. The minimum Gasteiger partial charge on any atom is -0.348 e. The number of nitrogens with zero attached hydrogens (tertiary/aromatic N) is 1. The lowest BCUT2D eigenvalue weighted by atomic mass is 10.0. The molecule has 0 bridgehead atoms. The van der Waals surface area contributed by atoms with Crippen LogP contribution in [0.25, 0.3) is 0 Å². The Morgan fingerprint density at radius 2 is 1.97 bits per heavy atom. The summed E-state index contributed by atoms with van der Waals surface area (Å²) < 4.78 is 27.7. The van der Waals surface area contributed by atoms with Crippen LogP contribution in [0.1, 0.15) is 36.8 Å². The van der Waals surface area contributed by atoms with Crippen molar-refractivity contribution in [2.75, 3.05) is 18.4 Å². The summed E-state index contributed by atoms with van der Waals surface area (Å²) in [5.41, 5.74) is 2.55. The molecule has 0 saturated carbocycles. The Balaban J connectivity index is 1.55. The Bertz CT molecular complexity index is 1000. The Morgan fingerprint density at radius 1 is 1.17 bits per heavy atom. The van der Waals surface area contributed by atoms with Crippen LogP contribution in [-0.2, 0) is 19.6 Å². The third kappa shape index (κ3) is 5.27. The molecule has 1 aromatic heterocycles. The Morgan fingerprint density at radius 3 is 2.67 bits per heavy atom. The Hall–Kier alpha value is -2.23. The van der Waals surface area contributed by atoms with Crippen LogP contribution in [0.3, 0.4) is 0 Å². The smallest absolute Gasteiger partial charge is 0.313 e. The Labute approximate surface area is 181 Å². The second-order valence-electron chi connectivity index (χ2n) is 7.51. The van der Waals surface area contributed by atoms with Gasteiger partial charge in [-0.2, -0.15) is 4.31 Å². The average Bonchev–Trinajstić information content (AvgIpc) is 3.26. The first-order chi connectivity index (χ1) is 14.3. The number of benzene rings is 1. The molecule has 1 fully saturated rings. The standard InChI is InChI=1S/C21H27N3O4S2/c1-15-8-9-18(16(2)14-15)23-21(26)20(25)22-11-10-17-6-3-4-12-24(17)30(27,28)19-7-5-13-29-19/h5,7-9,13-14,17H,3-4,6,10-12H2,1-2H3,(H,22,25)(H,23,26)/t17-/m0/s1. The fourth-order valence-corrected chi connectivity index (χ4v) is 6.51. The molecule has 3 rings (SSSR count). The van der Waals surface area contributed by atoms with Crippen molar-refractivity contribution in [3.63, 3.8) is 0 Å². The minimum absolute atomic E-state index is 0.187. The van der Waals surface area contributed by atoms with E-state index in [-0.39, 0.29) is 12.6 Å². The lowest BCUT2D eigenvalue weighted by Gasteiger charge is -2.34. The molecule has 2 N–H and O–H groups in total. The van der Waals surface area contributed by atoms with E-state index < -0.39 is 21.8 Å². The van der Waals surface area contributed by atoms with E-state index in [2.05, 4.69) is 10.6 Å². The molecule has 1 aromatic carbocycles. The monoisotopic (exact) mass is 449 g/mol. The van der Waals surface area contributed by atoms with E-state index in [9.17, 15) is 18.0 Å². The zero-order valence-corrected chi connectivity index (χ0v) is 18.8. The summed E-state index contributed by atoms with van der Waals surface area (Å²) in [6.45, 7) is 4.54. The summed E-state index contributed by atoms with van der Waals surface area (Å²) in [5.74, 6) is -1.45. The molecule has 0 spiro atoms. The number of anilines is 1. The molecule has 0 aliphatic carbocycles. The van der Waals surface area contributed by atoms with Crippen LogP contribution in [0, 0.1) is 13.8 Å². The summed E-state index contributed by atoms with van der Waals surface area (Å²) >= 11 is 1.21. The number of hydrogen-bond acceptors (Lipinski definition) is 5. The third-order valence-corrected chi connectivity index (χ3v) is 8.56. The molecular formula is C21H27N3O4S2. The number of thiophene rings is 1. The maximum atomic E-state index is 12.9. The second-order valence-corrected chi connectivity index (χ2v) is 10.6. The molecule has 2 heterocycles. The van der Waals surface area contributed by atoms with Crippen molar-refractivity contribution in [3.05, 3.63) is 46.8 Å². The highest BCUT2D eigenvalue weighted by Gasteiger charge is 2.33. The van der Waals surface area contributed by atoms with Gasteiger partial charge in [-0.15, -0.1) is 11.3 Å². The number of carbonyl (C=O) groups excluding carboxylic acids is 2. The number of nitrogens with one attached hydrogen (secondary N) is 2. The van der Waals surface area contributed by atoms with Gasteiger partial charge in [-0.3, -0.25) is 9.59 Å². The summed E-state index contributed by atoms with van der Waals surface area (Å²) in [6, 6.07) is 8.72. The van der Waals surface area contributed by atoms with Gasteiger partial charge >= 0.3 is 11.8 Å². The molecule has 9 heteroatoms. The fraction of sp³-hybridized carbons (Fsp3) is 0.429. The molecule has 7 nitrogen and oxygen atoms in total. The van der Waals surface area contributed by atoms with Crippen molar-refractivity contribution in [3.8, 4) is 0 Å². The van der Waals surface area contributed by atoms with E-state index in [0.29, 0.717) is 22.9 Å². The van der Waals surface area contributed by atoms with E-state index in [1.807, 2.05) is 26.0 Å². The van der Waals surface area contributed by atoms with Crippen molar-refractivity contribution < 1.29 is 18.0 Å². The van der Waals surface area contributed by atoms with Crippen LogP contribution >= 0.6 is 11.3 Å². The number of hydrogen-bond donors (Lipinski definition) is 2. The van der Waals surface area contributed by atoms with Gasteiger partial charge < -0.3 is 10.6 Å². The van der Waals surface area contributed by atoms with Gasteiger partial charge in [-0.25, -0.2) is 8.42 Å². The molecule has 1 aliphatic rings. The van der Waals surface area contributed by atoms with Gasteiger partial charge in [0.15, 0.2) is 0 Å². The lowest BCUT2D eigenvalue weighted by molar-refractivity contribution is -0.136. The van der Waals surface area contributed by atoms with Crippen molar-refractivity contribution in [1.29, 1.82) is 0 Å². The largest absolute Gasteiger partial charge is 0.348 e. The molecule has 1 atom stereocenters. The molecule has 2 aromatic rings. The van der Waals surface area contributed by atoms with Crippen LogP contribution in [0.15, 0.2) is 39.9 Å². The highest BCUT2D eigenvalue weighted by molar-refractivity contribution is 7.91. The normalized spacial score (nSPS) is 17.5. The third-order valence-electron chi connectivity index (χ3n) is 5.23. The van der Waals surface area contributed by atoms with E-state index in [1.54, 1.807) is 27.9 Å². The first-order valence-electron chi connectivity index (χ1n) is 10.0. The summed E-state index contributed by atoms with van der Waals surface area (Å²) in [6.07, 6.45) is 2.98. The van der Waals surface area contributed by atoms with Crippen molar-refractivity contribution in [1.82, 2.24) is 9.62 Å². The number of aryl methyl sites for hydroxylation is 2. The van der Waals surface area contributed by atoms with Crippen LogP contribution in [0.2, 0.25) is 0 Å². The predicted octanol–water partition coefficient (Wildman–Crippen LogP) is 3.05. The summed E-state index contributed by atoms with van der Waals surface area (Å²) in [7, 11) is -3.52. The zero-order chi connectivity index (χ0) is 21.7. The highest BCUT2D eigenvalue weighted by atomic mass is 32.2. The molecule has 162 valence electrons. The molecule has 2 amide bonds. The van der Waals surface area contributed by atoms with Gasteiger partial charge in [0.25, 0.3) is 10.0 Å². The number of carbonyl (C=O) groups is 2. The maximum Gasteiger partial charge on any atom is 0.313 e. The lowest BCUT2D eigenvalue weighted by Crippen LogP contribution is -2.45. The number of piperidine rings is 1. The number of sulfonamides is 1. The van der Waals surface area contributed by atoms with Crippen LogP contribution < -0.4 is 10.6 Å². The summed E-state index contributed by atoms with van der Waals surface area (Å²) in [4.78, 5) is 24.4. The van der Waals surface area contributed by atoms with Crippen LogP contribution in [0.5, 0.6) is 0 Å². The van der Waals surface area contributed by atoms with Crippen molar-refractivity contribution in [2.45, 2.75) is 49.8 Å². The first kappa shape index (κ1) is 22.5. The van der Waals surface area contributed by atoms with Gasteiger partial charge in [0.2, 0.25) is 0 Å². The minimum atomic E-state index is -3.52. The quantitative estimate of drug-likeness (QED) is 0.663. The van der Waals surface area contributed by atoms with Crippen molar-refractivity contribution >= 4 is 38.9 Å². The van der Waals surface area contributed by atoms with Crippen molar-refractivity contribution in [2.24, 2.45) is 0 Å². The molecular weight excluding hydrogens is 422 g/mol. The SMILES string of the molecule is Cc1ccc(NC(=O)C(=O)NCC[C@@H]2CCCCN2S(=O)(=O)c2cccs2)c(C)c1. The first-order valence-corrected chi connectivity index (χ1v) is 12.3. The predicted molar refractivity (Wildman–Crippen MR) is 118 cm³/mol. The van der Waals surface area contributed by atoms with Gasteiger partial charge in [0, 0.05) is 24.8 Å². The van der Waals surface area contributed by atoms with Crippen LogP contribution in [0.4, 0.5) is 5.69 Å². The van der Waals surface area contributed by atoms with E-state index >= 15 is 0 Å². The topological polar surface area (TPSA) is 95.6 Å². The molecule has 30 heavy (non-hydrogen) atoms. The van der Waals surface area contributed by atoms with E-state index in [1.165, 1.54) is 11.3 Å². The Kier molecular flexibility index (Phi) is 7.27. The number of amides is 2. The average molecular weight is 450 g/mol. The zero-order valence-electron chi connectivity index (χ0n) is 17.2. The molecule has 0 radical (unpaired) electrons. The second kappa shape index (κ2) is 9.72. The molecule has 1 aliphatic heterocycles. The molecule has 0 unspecified atom stereocenters. The fourth-order valence-electron chi connectivity index (χ4n) is 3.67. The van der Waals surface area contributed by atoms with Gasteiger partial charge in [0.05, 0.1) is 0 Å². The van der Waals surface area contributed by atoms with Gasteiger partial charge in [0.1, 0.15) is 4.21 Å². The van der Waals surface area contributed by atoms with E-state index in [4.69, 9.17) is 0 Å². The number of rotatable bonds is 6. The molecule has 1 saturated heterocycles.